The topological polar surface area (TPSA) is 97.1 Å². The van der Waals surface area contributed by atoms with Gasteiger partial charge >= 0.3 is 5.97 Å². The molecule has 26 heavy (non-hydrogen) atoms. The van der Waals surface area contributed by atoms with E-state index in [1.54, 1.807) is 11.0 Å². The van der Waals surface area contributed by atoms with Gasteiger partial charge in [0.2, 0.25) is 5.91 Å². The Labute approximate surface area is 152 Å². The van der Waals surface area contributed by atoms with Crippen molar-refractivity contribution in [3.63, 3.8) is 0 Å². The van der Waals surface area contributed by atoms with Crippen molar-refractivity contribution in [1.82, 2.24) is 20.1 Å². The number of amides is 1. The number of carbonyl (C=O) groups is 2. The number of rotatable bonds is 6. The smallest absolute Gasteiger partial charge is 0.310 e. The fourth-order valence-corrected chi connectivity index (χ4v) is 3.64. The third kappa shape index (κ3) is 3.92. The van der Waals surface area contributed by atoms with E-state index >= 15 is 0 Å². The first-order valence-electron chi connectivity index (χ1n) is 8.98. The van der Waals surface area contributed by atoms with Crippen molar-refractivity contribution in [1.29, 1.82) is 0 Å². The fraction of sp³-hybridized carbons (Fsp3) is 0.474. The summed E-state index contributed by atoms with van der Waals surface area (Å²) in [5.41, 5.74) is 0.936. The van der Waals surface area contributed by atoms with Gasteiger partial charge in [-0.2, -0.15) is 5.10 Å². The Morgan fingerprint density at radius 3 is 2.50 bits per heavy atom. The molecule has 0 aliphatic heterocycles. The molecule has 7 heteroatoms. The molecule has 0 spiro atoms. The quantitative estimate of drug-likeness (QED) is 0.829. The normalized spacial score (nSPS) is 17.4. The van der Waals surface area contributed by atoms with Gasteiger partial charge in [-0.3, -0.25) is 9.59 Å². The van der Waals surface area contributed by atoms with Crippen molar-refractivity contribution in [3.05, 3.63) is 42.5 Å². The highest BCUT2D eigenvalue weighted by atomic mass is 16.4. The van der Waals surface area contributed by atoms with Crippen LogP contribution in [-0.2, 0) is 9.59 Å². The van der Waals surface area contributed by atoms with Crippen LogP contribution in [0.2, 0.25) is 0 Å². The Bertz CT molecular complexity index is 750. The van der Waals surface area contributed by atoms with Gasteiger partial charge in [-0.05, 0) is 37.5 Å². The van der Waals surface area contributed by atoms with E-state index in [1.165, 1.54) is 6.33 Å². The summed E-state index contributed by atoms with van der Waals surface area (Å²) in [4.78, 5) is 28.1. The van der Waals surface area contributed by atoms with E-state index < -0.39 is 11.4 Å². The molecule has 1 fully saturated rings. The lowest BCUT2D eigenvalue weighted by Crippen LogP contribution is -2.39. The van der Waals surface area contributed by atoms with E-state index in [0.717, 1.165) is 30.5 Å². The number of carbonyl (C=O) groups excluding carboxylic acids is 1. The zero-order valence-electron chi connectivity index (χ0n) is 14.9. The van der Waals surface area contributed by atoms with Crippen molar-refractivity contribution in [2.45, 2.75) is 51.5 Å². The van der Waals surface area contributed by atoms with E-state index in [0.29, 0.717) is 12.8 Å². The summed E-state index contributed by atoms with van der Waals surface area (Å²) in [5, 5.41) is 16.6. The van der Waals surface area contributed by atoms with Gasteiger partial charge in [0.1, 0.15) is 12.7 Å². The van der Waals surface area contributed by atoms with Gasteiger partial charge in [-0.1, -0.05) is 31.4 Å². The minimum absolute atomic E-state index is 0.0454. The maximum absolute atomic E-state index is 12.5. The average molecular weight is 356 g/mol. The molecular weight excluding hydrogens is 332 g/mol. The standard InChI is InChI=1S/C19H24N4O3/c1-14(15-5-7-16(8-6-15)23-13-20-12-21-23)22-17(24)11-19(18(25)26)9-3-2-4-10-19/h5-8,12-14H,2-4,9-11H2,1H3,(H,22,24)(H,25,26). The molecule has 1 aromatic heterocycles. The molecule has 7 nitrogen and oxygen atoms in total. The minimum atomic E-state index is -0.904. The fourth-order valence-electron chi connectivity index (χ4n) is 3.64. The Kier molecular flexibility index (Phi) is 5.35. The molecule has 1 atom stereocenters. The van der Waals surface area contributed by atoms with Crippen molar-refractivity contribution in [2.75, 3.05) is 0 Å². The van der Waals surface area contributed by atoms with E-state index in [1.807, 2.05) is 31.2 Å². The predicted octanol–water partition coefficient (Wildman–Crippen LogP) is 2.87. The molecule has 1 aromatic carbocycles. The molecule has 1 amide bonds. The molecule has 1 saturated carbocycles. The Morgan fingerprint density at radius 2 is 1.92 bits per heavy atom. The third-order valence-corrected chi connectivity index (χ3v) is 5.22. The van der Waals surface area contributed by atoms with Crippen molar-refractivity contribution in [3.8, 4) is 5.69 Å². The van der Waals surface area contributed by atoms with Crippen molar-refractivity contribution in [2.24, 2.45) is 5.41 Å². The Morgan fingerprint density at radius 1 is 1.23 bits per heavy atom. The van der Waals surface area contributed by atoms with Crippen LogP contribution in [0, 0.1) is 5.41 Å². The molecule has 2 N–H and O–H groups in total. The van der Waals surface area contributed by atoms with Crippen LogP contribution < -0.4 is 5.32 Å². The summed E-state index contributed by atoms with van der Waals surface area (Å²) >= 11 is 0. The number of hydrogen-bond acceptors (Lipinski definition) is 4. The highest BCUT2D eigenvalue weighted by Crippen LogP contribution is 2.39. The van der Waals surface area contributed by atoms with Gasteiger partial charge in [0, 0.05) is 6.42 Å². The van der Waals surface area contributed by atoms with Crippen LogP contribution in [0.4, 0.5) is 0 Å². The van der Waals surface area contributed by atoms with Crippen LogP contribution in [0.3, 0.4) is 0 Å². The molecule has 2 aromatic rings. The monoisotopic (exact) mass is 356 g/mol. The zero-order valence-corrected chi connectivity index (χ0v) is 14.9. The van der Waals surface area contributed by atoms with E-state index in [2.05, 4.69) is 15.4 Å². The second-order valence-electron chi connectivity index (χ2n) is 7.04. The highest BCUT2D eigenvalue weighted by Gasteiger charge is 2.41. The lowest BCUT2D eigenvalue weighted by molar-refractivity contribution is -0.154. The van der Waals surface area contributed by atoms with Crippen molar-refractivity contribution >= 4 is 11.9 Å². The van der Waals surface area contributed by atoms with Crippen LogP contribution in [0.25, 0.3) is 5.69 Å². The lowest BCUT2D eigenvalue weighted by atomic mass is 9.71. The van der Waals surface area contributed by atoms with Gasteiger partial charge in [0.15, 0.2) is 0 Å². The lowest BCUT2D eigenvalue weighted by Gasteiger charge is -2.32. The van der Waals surface area contributed by atoms with Gasteiger partial charge in [-0.15, -0.1) is 0 Å². The maximum atomic E-state index is 12.5. The number of aliphatic carboxylic acids is 1. The predicted molar refractivity (Wildman–Crippen MR) is 95.7 cm³/mol. The largest absolute Gasteiger partial charge is 0.481 e. The molecule has 1 aliphatic carbocycles. The number of hydrogen-bond donors (Lipinski definition) is 2. The summed E-state index contributed by atoms with van der Waals surface area (Å²) in [7, 11) is 0. The molecule has 0 bridgehead atoms. The number of nitrogens with zero attached hydrogens (tertiary/aromatic N) is 3. The van der Waals surface area contributed by atoms with Crippen LogP contribution in [0.15, 0.2) is 36.9 Å². The Balaban J connectivity index is 1.62. The second kappa shape index (κ2) is 7.68. The number of aromatic nitrogens is 3. The second-order valence-corrected chi connectivity index (χ2v) is 7.04. The Hall–Kier alpha value is -2.70. The van der Waals surface area contributed by atoms with E-state index in [-0.39, 0.29) is 18.4 Å². The first-order valence-corrected chi connectivity index (χ1v) is 8.98. The summed E-state index contributed by atoms with van der Waals surface area (Å²) in [6.07, 6.45) is 7.09. The van der Waals surface area contributed by atoms with Gasteiger partial charge in [0.25, 0.3) is 0 Å². The first-order chi connectivity index (χ1) is 12.5. The molecule has 1 heterocycles. The molecule has 3 rings (SSSR count). The van der Waals surface area contributed by atoms with Crippen LogP contribution in [0.5, 0.6) is 0 Å². The molecule has 1 aliphatic rings. The molecular formula is C19H24N4O3. The summed E-state index contributed by atoms with van der Waals surface area (Å²) < 4.78 is 1.66. The number of nitrogens with one attached hydrogen (secondary N) is 1. The molecule has 138 valence electrons. The van der Waals surface area contributed by atoms with Crippen LogP contribution >= 0.6 is 0 Å². The van der Waals surface area contributed by atoms with Crippen LogP contribution in [-0.4, -0.2) is 31.7 Å². The van der Waals surface area contributed by atoms with Gasteiger partial charge in [0.05, 0.1) is 17.1 Å². The number of benzene rings is 1. The van der Waals surface area contributed by atoms with Crippen molar-refractivity contribution < 1.29 is 14.7 Å². The van der Waals surface area contributed by atoms with E-state index in [9.17, 15) is 14.7 Å². The SMILES string of the molecule is CC(NC(=O)CC1(C(=O)O)CCCCC1)c1ccc(-n2cncn2)cc1. The number of carboxylic acids is 1. The highest BCUT2D eigenvalue weighted by molar-refractivity contribution is 5.85. The third-order valence-electron chi connectivity index (χ3n) is 5.22. The minimum Gasteiger partial charge on any atom is -0.481 e. The summed E-state index contributed by atoms with van der Waals surface area (Å²) in [6.45, 7) is 1.90. The summed E-state index contributed by atoms with van der Waals surface area (Å²) in [6, 6.07) is 7.48. The molecule has 1 unspecified atom stereocenters. The van der Waals surface area contributed by atoms with Gasteiger partial charge in [-0.25, -0.2) is 9.67 Å². The average Bonchev–Trinajstić information content (AvgIpc) is 3.17. The van der Waals surface area contributed by atoms with E-state index in [4.69, 9.17) is 0 Å². The number of carboxylic acid groups (broad SMARTS) is 1. The maximum Gasteiger partial charge on any atom is 0.310 e. The van der Waals surface area contributed by atoms with Gasteiger partial charge < -0.3 is 10.4 Å². The van der Waals surface area contributed by atoms with Crippen LogP contribution in [0.1, 0.15) is 57.1 Å². The molecule has 0 radical (unpaired) electrons. The first kappa shape index (κ1) is 18.1. The molecule has 0 saturated heterocycles. The summed E-state index contributed by atoms with van der Waals surface area (Å²) in [5.74, 6) is -1.06. The zero-order chi connectivity index (χ0) is 18.6.